The summed E-state index contributed by atoms with van der Waals surface area (Å²) in [5.41, 5.74) is 6.54. The molecule has 0 aliphatic rings. The molecule has 112 valence electrons. The van der Waals surface area contributed by atoms with Gasteiger partial charge < -0.3 is 25.6 Å². The summed E-state index contributed by atoms with van der Waals surface area (Å²) in [5, 5.41) is 14.1. The molecular formula is C13H15N3O4S. The molecule has 0 fully saturated rings. The molecule has 0 aliphatic heterocycles. The Hall–Kier alpha value is -2.32. The Morgan fingerprint density at radius 1 is 1.33 bits per heavy atom. The van der Waals surface area contributed by atoms with Crippen LogP contribution in [0.3, 0.4) is 0 Å². The number of hydrogen-bond acceptors (Lipinski definition) is 7. The molecule has 0 bridgehead atoms. The van der Waals surface area contributed by atoms with E-state index in [1.165, 1.54) is 11.3 Å². The number of nitrogens with one attached hydrogen (secondary N) is 1. The van der Waals surface area contributed by atoms with Gasteiger partial charge in [0.1, 0.15) is 17.5 Å². The van der Waals surface area contributed by atoms with Crippen molar-refractivity contribution in [1.82, 2.24) is 4.98 Å². The number of aliphatic carboxylic acids is 1. The molecule has 1 aromatic carbocycles. The summed E-state index contributed by atoms with van der Waals surface area (Å²) < 4.78 is 10.4. The van der Waals surface area contributed by atoms with Crippen molar-refractivity contribution in [2.24, 2.45) is 5.73 Å². The van der Waals surface area contributed by atoms with Crippen molar-refractivity contribution in [2.75, 3.05) is 19.5 Å². The van der Waals surface area contributed by atoms with Gasteiger partial charge in [-0.15, -0.1) is 11.3 Å². The van der Waals surface area contributed by atoms with Crippen LogP contribution in [0.1, 0.15) is 11.7 Å². The number of nitrogens with zero attached hydrogens (tertiary/aromatic N) is 1. The predicted molar refractivity (Wildman–Crippen MR) is 79.5 cm³/mol. The van der Waals surface area contributed by atoms with Crippen LogP contribution in [0, 0.1) is 0 Å². The quantitative estimate of drug-likeness (QED) is 0.749. The number of thiazole rings is 1. The molecule has 0 amide bonds. The van der Waals surface area contributed by atoms with E-state index in [0.29, 0.717) is 22.3 Å². The third kappa shape index (κ3) is 3.61. The van der Waals surface area contributed by atoms with Crippen molar-refractivity contribution in [1.29, 1.82) is 0 Å². The lowest BCUT2D eigenvalue weighted by Gasteiger charge is -2.09. The number of methoxy groups -OCH3 is 2. The van der Waals surface area contributed by atoms with Crippen LogP contribution in [-0.2, 0) is 4.79 Å². The van der Waals surface area contributed by atoms with Crippen LogP contribution in [0.2, 0.25) is 0 Å². The van der Waals surface area contributed by atoms with Crippen molar-refractivity contribution in [3.63, 3.8) is 0 Å². The Kier molecular flexibility index (Phi) is 4.61. The minimum Gasteiger partial charge on any atom is -0.497 e. The largest absolute Gasteiger partial charge is 0.497 e. The van der Waals surface area contributed by atoms with Crippen molar-refractivity contribution < 1.29 is 19.4 Å². The second-order valence-corrected chi connectivity index (χ2v) is 4.98. The zero-order valence-electron chi connectivity index (χ0n) is 11.5. The standard InChI is InChI=1S/C13H15N3O4S/c1-19-8-3-7(4-9(5-8)20-2)15-13-16-10(6-21-13)11(14)12(17)18/h3-6,11H,14H2,1-2H3,(H,15,16)(H,17,18). The maximum atomic E-state index is 10.8. The monoisotopic (exact) mass is 309 g/mol. The van der Waals surface area contributed by atoms with Gasteiger partial charge in [-0.05, 0) is 0 Å². The molecule has 0 saturated carbocycles. The molecular weight excluding hydrogens is 294 g/mol. The molecule has 0 radical (unpaired) electrons. The van der Waals surface area contributed by atoms with Crippen LogP contribution >= 0.6 is 11.3 Å². The lowest BCUT2D eigenvalue weighted by molar-refractivity contribution is -0.138. The van der Waals surface area contributed by atoms with Crippen molar-refractivity contribution in [2.45, 2.75) is 6.04 Å². The van der Waals surface area contributed by atoms with E-state index in [2.05, 4.69) is 10.3 Å². The highest BCUT2D eigenvalue weighted by Gasteiger charge is 2.17. The molecule has 1 heterocycles. The molecule has 7 nitrogen and oxygen atoms in total. The van der Waals surface area contributed by atoms with E-state index in [0.717, 1.165) is 5.69 Å². The summed E-state index contributed by atoms with van der Waals surface area (Å²) in [6, 6.07) is 4.18. The highest BCUT2D eigenvalue weighted by molar-refractivity contribution is 7.13. The van der Waals surface area contributed by atoms with Crippen LogP contribution in [0.5, 0.6) is 11.5 Å². The van der Waals surface area contributed by atoms with Crippen LogP contribution in [0.4, 0.5) is 10.8 Å². The third-order valence-corrected chi connectivity index (χ3v) is 3.49. The summed E-state index contributed by atoms with van der Waals surface area (Å²) >= 11 is 1.27. The first-order valence-corrected chi connectivity index (χ1v) is 6.85. The SMILES string of the molecule is COc1cc(Nc2nc(C(N)C(=O)O)cs2)cc(OC)c1. The highest BCUT2D eigenvalue weighted by atomic mass is 32.1. The summed E-state index contributed by atoms with van der Waals surface area (Å²) in [4.78, 5) is 15.0. The lowest BCUT2D eigenvalue weighted by atomic mass is 10.2. The minimum absolute atomic E-state index is 0.310. The Balaban J connectivity index is 2.20. The molecule has 0 aliphatic carbocycles. The van der Waals surface area contributed by atoms with Gasteiger partial charge in [0.05, 0.1) is 19.9 Å². The van der Waals surface area contributed by atoms with Crippen molar-refractivity contribution >= 4 is 28.1 Å². The van der Waals surface area contributed by atoms with Crippen LogP contribution < -0.4 is 20.5 Å². The summed E-state index contributed by atoms with van der Waals surface area (Å²) in [6.07, 6.45) is 0. The molecule has 2 aromatic rings. The second kappa shape index (κ2) is 6.42. The maximum Gasteiger partial charge on any atom is 0.326 e. The van der Waals surface area contributed by atoms with Gasteiger partial charge in [-0.2, -0.15) is 0 Å². The van der Waals surface area contributed by atoms with Gasteiger partial charge in [0.2, 0.25) is 0 Å². The number of benzene rings is 1. The van der Waals surface area contributed by atoms with E-state index in [-0.39, 0.29) is 0 Å². The Morgan fingerprint density at radius 3 is 2.48 bits per heavy atom. The highest BCUT2D eigenvalue weighted by Crippen LogP contribution is 2.29. The molecule has 2 rings (SSSR count). The smallest absolute Gasteiger partial charge is 0.326 e. The van der Waals surface area contributed by atoms with Crippen LogP contribution in [-0.4, -0.2) is 30.3 Å². The van der Waals surface area contributed by atoms with Gasteiger partial charge in [0.15, 0.2) is 5.13 Å². The number of carbonyl (C=O) groups is 1. The molecule has 0 saturated heterocycles. The summed E-state index contributed by atoms with van der Waals surface area (Å²) in [5.74, 6) is 0.154. The Bertz CT molecular complexity index is 622. The van der Waals surface area contributed by atoms with Gasteiger partial charge in [-0.3, -0.25) is 4.79 Å². The van der Waals surface area contributed by atoms with E-state index >= 15 is 0 Å². The fraction of sp³-hybridized carbons (Fsp3) is 0.231. The fourth-order valence-electron chi connectivity index (χ4n) is 1.62. The molecule has 0 spiro atoms. The normalized spacial score (nSPS) is 11.8. The van der Waals surface area contributed by atoms with E-state index in [4.69, 9.17) is 20.3 Å². The number of aromatic nitrogens is 1. The fourth-order valence-corrected chi connectivity index (χ4v) is 2.38. The van der Waals surface area contributed by atoms with E-state index in [1.54, 1.807) is 37.8 Å². The molecule has 1 atom stereocenters. The average Bonchev–Trinajstić information content (AvgIpc) is 2.94. The van der Waals surface area contributed by atoms with Gasteiger partial charge in [-0.1, -0.05) is 0 Å². The van der Waals surface area contributed by atoms with Gasteiger partial charge in [-0.25, -0.2) is 4.98 Å². The number of carboxylic acids is 1. The zero-order chi connectivity index (χ0) is 15.4. The van der Waals surface area contributed by atoms with Crippen LogP contribution in [0.25, 0.3) is 0 Å². The Morgan fingerprint density at radius 2 is 1.95 bits per heavy atom. The minimum atomic E-state index is -1.13. The van der Waals surface area contributed by atoms with Gasteiger partial charge >= 0.3 is 5.97 Å². The second-order valence-electron chi connectivity index (χ2n) is 4.12. The third-order valence-electron chi connectivity index (χ3n) is 2.71. The molecule has 1 unspecified atom stereocenters. The molecule has 21 heavy (non-hydrogen) atoms. The number of ether oxygens (including phenoxy) is 2. The Labute approximate surface area is 125 Å². The van der Waals surface area contributed by atoms with E-state index in [1.807, 2.05) is 0 Å². The lowest BCUT2D eigenvalue weighted by Crippen LogP contribution is -2.20. The first kappa shape index (κ1) is 15.1. The first-order valence-electron chi connectivity index (χ1n) is 5.97. The zero-order valence-corrected chi connectivity index (χ0v) is 12.3. The molecule has 1 aromatic heterocycles. The average molecular weight is 309 g/mol. The maximum absolute atomic E-state index is 10.8. The van der Waals surface area contributed by atoms with Crippen molar-refractivity contribution in [3.8, 4) is 11.5 Å². The topological polar surface area (TPSA) is 107 Å². The number of carboxylic acid groups (broad SMARTS) is 1. The summed E-state index contributed by atoms with van der Waals surface area (Å²) in [6.45, 7) is 0. The number of anilines is 2. The molecule has 8 heteroatoms. The first-order chi connectivity index (χ1) is 10.0. The van der Waals surface area contributed by atoms with Gasteiger partial charge in [0, 0.05) is 29.3 Å². The van der Waals surface area contributed by atoms with E-state index < -0.39 is 12.0 Å². The van der Waals surface area contributed by atoms with Crippen molar-refractivity contribution in [3.05, 3.63) is 29.3 Å². The number of hydrogen-bond donors (Lipinski definition) is 3. The summed E-state index contributed by atoms with van der Waals surface area (Å²) in [7, 11) is 3.12. The number of rotatable bonds is 6. The predicted octanol–water partition coefficient (Wildman–Crippen LogP) is 1.99. The molecule has 4 N–H and O–H groups in total. The van der Waals surface area contributed by atoms with Gasteiger partial charge in [0.25, 0.3) is 0 Å². The number of nitrogens with two attached hydrogens (primary N) is 1. The van der Waals surface area contributed by atoms with E-state index in [9.17, 15) is 4.79 Å². The van der Waals surface area contributed by atoms with Crippen LogP contribution in [0.15, 0.2) is 23.6 Å².